The van der Waals surface area contributed by atoms with Crippen molar-refractivity contribution in [2.45, 2.75) is 19.4 Å². The molecule has 2 heterocycles. The third-order valence-electron chi connectivity index (χ3n) is 4.22. The van der Waals surface area contributed by atoms with Crippen LogP contribution in [-0.4, -0.2) is 41.3 Å². The molecule has 4 nitrogen and oxygen atoms in total. The summed E-state index contributed by atoms with van der Waals surface area (Å²) in [7, 11) is 0. The summed E-state index contributed by atoms with van der Waals surface area (Å²) < 4.78 is 0. The van der Waals surface area contributed by atoms with Gasteiger partial charge in [-0.2, -0.15) is 0 Å². The summed E-state index contributed by atoms with van der Waals surface area (Å²) in [5.41, 5.74) is 1.45. The monoisotopic (exact) mass is 248 g/mol. The van der Waals surface area contributed by atoms with Crippen LogP contribution in [0.4, 0.5) is 0 Å². The van der Waals surface area contributed by atoms with Gasteiger partial charge in [-0.3, -0.25) is 4.90 Å². The summed E-state index contributed by atoms with van der Waals surface area (Å²) in [5, 5.41) is 22.4. The van der Waals surface area contributed by atoms with Crippen molar-refractivity contribution >= 4 is 0 Å². The Bertz CT molecular complexity index is 421. The van der Waals surface area contributed by atoms with E-state index < -0.39 is 0 Å². The maximum absolute atomic E-state index is 9.48. The molecule has 98 valence electrons. The third kappa shape index (κ3) is 2.31. The molecule has 0 bridgehead atoms. The highest BCUT2D eigenvalue weighted by Gasteiger charge is 2.39. The van der Waals surface area contributed by atoms with Crippen LogP contribution in [-0.2, 0) is 6.54 Å². The van der Waals surface area contributed by atoms with Crippen LogP contribution in [0.15, 0.2) is 18.2 Å². The number of phenols is 2. The molecule has 2 aliphatic rings. The lowest BCUT2D eigenvalue weighted by Crippen LogP contribution is -2.28. The minimum atomic E-state index is 0.140. The molecule has 0 amide bonds. The van der Waals surface area contributed by atoms with Gasteiger partial charge in [-0.1, -0.05) is 0 Å². The van der Waals surface area contributed by atoms with E-state index in [-0.39, 0.29) is 11.5 Å². The van der Waals surface area contributed by atoms with Crippen LogP contribution in [0, 0.1) is 5.41 Å². The maximum atomic E-state index is 9.48. The Hall–Kier alpha value is -1.26. The van der Waals surface area contributed by atoms with Gasteiger partial charge in [0.1, 0.15) is 11.5 Å². The lowest BCUT2D eigenvalue weighted by molar-refractivity contribution is 0.268. The van der Waals surface area contributed by atoms with Gasteiger partial charge in [-0.05, 0) is 49.0 Å². The Kier molecular flexibility index (Phi) is 2.92. The van der Waals surface area contributed by atoms with E-state index in [1.54, 1.807) is 12.1 Å². The number of benzene rings is 1. The van der Waals surface area contributed by atoms with E-state index in [2.05, 4.69) is 10.2 Å². The average molecular weight is 248 g/mol. The zero-order valence-corrected chi connectivity index (χ0v) is 10.5. The zero-order valence-electron chi connectivity index (χ0n) is 10.5. The van der Waals surface area contributed by atoms with Gasteiger partial charge in [0.15, 0.2) is 0 Å². The number of nitrogens with zero attached hydrogens (tertiary/aromatic N) is 1. The molecule has 0 aromatic heterocycles. The van der Waals surface area contributed by atoms with Crippen molar-refractivity contribution in [1.29, 1.82) is 0 Å². The second-order valence-electron chi connectivity index (χ2n) is 5.75. The predicted octanol–water partition coefficient (Wildman–Crippen LogP) is 1.28. The lowest BCUT2D eigenvalue weighted by Gasteiger charge is -2.22. The van der Waals surface area contributed by atoms with Crippen LogP contribution >= 0.6 is 0 Å². The molecule has 18 heavy (non-hydrogen) atoms. The number of nitrogens with one attached hydrogen (secondary N) is 1. The van der Waals surface area contributed by atoms with E-state index in [0.29, 0.717) is 5.41 Å². The Morgan fingerprint density at radius 3 is 2.61 bits per heavy atom. The highest BCUT2D eigenvalue weighted by molar-refractivity contribution is 5.36. The van der Waals surface area contributed by atoms with Crippen LogP contribution in [0.3, 0.4) is 0 Å². The van der Waals surface area contributed by atoms with Crippen molar-refractivity contribution in [1.82, 2.24) is 10.2 Å². The summed E-state index contributed by atoms with van der Waals surface area (Å²) in [6.45, 7) is 5.31. The molecule has 0 aliphatic carbocycles. The molecular weight excluding hydrogens is 228 g/mol. The van der Waals surface area contributed by atoms with Crippen molar-refractivity contribution in [2.24, 2.45) is 5.41 Å². The van der Waals surface area contributed by atoms with E-state index in [0.717, 1.165) is 38.3 Å². The average Bonchev–Trinajstić information content (AvgIpc) is 2.89. The summed E-state index contributed by atoms with van der Waals surface area (Å²) in [6.07, 6.45) is 2.53. The largest absolute Gasteiger partial charge is 0.508 e. The fraction of sp³-hybridized carbons (Fsp3) is 0.571. The highest BCUT2D eigenvalue weighted by Crippen LogP contribution is 2.36. The molecule has 3 N–H and O–H groups in total. The molecule has 1 unspecified atom stereocenters. The van der Waals surface area contributed by atoms with Gasteiger partial charge in [0.25, 0.3) is 0 Å². The number of hydrogen-bond acceptors (Lipinski definition) is 4. The van der Waals surface area contributed by atoms with Crippen LogP contribution in [0.5, 0.6) is 11.5 Å². The van der Waals surface area contributed by atoms with Crippen molar-refractivity contribution in [3.8, 4) is 11.5 Å². The number of rotatable bonds is 2. The summed E-state index contributed by atoms with van der Waals surface area (Å²) in [5.74, 6) is 0.280. The fourth-order valence-electron chi connectivity index (χ4n) is 3.31. The summed E-state index contributed by atoms with van der Waals surface area (Å²) in [6, 6.07) is 4.84. The molecule has 1 aromatic rings. The van der Waals surface area contributed by atoms with Crippen LogP contribution in [0.25, 0.3) is 0 Å². The molecule has 2 aliphatic heterocycles. The second-order valence-corrected chi connectivity index (χ2v) is 5.75. The van der Waals surface area contributed by atoms with Crippen molar-refractivity contribution in [3.63, 3.8) is 0 Å². The molecule has 0 radical (unpaired) electrons. The van der Waals surface area contributed by atoms with Gasteiger partial charge in [-0.15, -0.1) is 0 Å². The van der Waals surface area contributed by atoms with Gasteiger partial charge in [0.05, 0.1) is 0 Å². The first kappa shape index (κ1) is 11.8. The number of likely N-dealkylation sites (tertiary alicyclic amines) is 1. The molecule has 2 fully saturated rings. The number of hydrogen-bond donors (Lipinski definition) is 3. The molecule has 3 rings (SSSR count). The molecular formula is C14H20N2O2. The van der Waals surface area contributed by atoms with Crippen LogP contribution in [0.1, 0.15) is 18.4 Å². The summed E-state index contributed by atoms with van der Waals surface area (Å²) in [4.78, 5) is 2.42. The van der Waals surface area contributed by atoms with E-state index in [1.807, 2.05) is 0 Å². The third-order valence-corrected chi connectivity index (χ3v) is 4.22. The topological polar surface area (TPSA) is 55.7 Å². The van der Waals surface area contributed by atoms with Crippen LogP contribution in [0.2, 0.25) is 0 Å². The quantitative estimate of drug-likeness (QED) is 0.738. The Balaban J connectivity index is 1.67. The fourth-order valence-corrected chi connectivity index (χ4v) is 3.31. The zero-order chi connectivity index (χ0) is 12.6. The maximum Gasteiger partial charge on any atom is 0.119 e. The standard InChI is InChI=1S/C14H20N2O2/c17-12-5-11(6-13(18)7-12)8-16-4-2-14(10-16)1-3-15-9-14/h5-7,15,17-18H,1-4,8-10H2. The van der Waals surface area contributed by atoms with E-state index >= 15 is 0 Å². The molecule has 1 aromatic carbocycles. The minimum Gasteiger partial charge on any atom is -0.508 e. The molecule has 1 spiro atoms. The molecule has 1 atom stereocenters. The second kappa shape index (κ2) is 4.44. The van der Waals surface area contributed by atoms with Crippen molar-refractivity contribution in [2.75, 3.05) is 26.2 Å². The first-order valence-electron chi connectivity index (χ1n) is 6.60. The summed E-state index contributed by atoms with van der Waals surface area (Å²) >= 11 is 0. The Labute approximate surface area is 107 Å². The van der Waals surface area contributed by atoms with Gasteiger partial charge >= 0.3 is 0 Å². The van der Waals surface area contributed by atoms with E-state index in [1.165, 1.54) is 18.9 Å². The van der Waals surface area contributed by atoms with E-state index in [9.17, 15) is 10.2 Å². The SMILES string of the molecule is Oc1cc(O)cc(CN2CCC3(CCNC3)C2)c1. The number of aromatic hydroxyl groups is 2. The normalized spacial score (nSPS) is 28.2. The first-order valence-corrected chi connectivity index (χ1v) is 6.60. The lowest BCUT2D eigenvalue weighted by atomic mass is 9.86. The smallest absolute Gasteiger partial charge is 0.119 e. The molecule has 2 saturated heterocycles. The minimum absolute atomic E-state index is 0.140. The Morgan fingerprint density at radius 2 is 1.94 bits per heavy atom. The van der Waals surface area contributed by atoms with E-state index in [4.69, 9.17) is 0 Å². The van der Waals surface area contributed by atoms with Crippen molar-refractivity contribution in [3.05, 3.63) is 23.8 Å². The van der Waals surface area contributed by atoms with Crippen molar-refractivity contribution < 1.29 is 10.2 Å². The van der Waals surface area contributed by atoms with Gasteiger partial charge in [-0.25, -0.2) is 0 Å². The van der Waals surface area contributed by atoms with Gasteiger partial charge in [0.2, 0.25) is 0 Å². The van der Waals surface area contributed by atoms with Gasteiger partial charge < -0.3 is 15.5 Å². The highest BCUT2D eigenvalue weighted by atomic mass is 16.3. The first-order chi connectivity index (χ1) is 8.65. The predicted molar refractivity (Wildman–Crippen MR) is 69.6 cm³/mol. The Morgan fingerprint density at radius 1 is 1.17 bits per heavy atom. The number of phenolic OH excluding ortho intramolecular Hbond substituents is 2. The van der Waals surface area contributed by atoms with Gasteiger partial charge in [0, 0.05) is 25.7 Å². The van der Waals surface area contributed by atoms with Crippen LogP contribution < -0.4 is 5.32 Å². The molecule has 0 saturated carbocycles. The molecule has 4 heteroatoms.